The molecule has 3 nitrogen and oxygen atoms in total. The summed E-state index contributed by atoms with van der Waals surface area (Å²) < 4.78 is 43.8. The van der Waals surface area contributed by atoms with Gasteiger partial charge in [0.25, 0.3) is 5.56 Å². The second-order valence-electron chi connectivity index (χ2n) is 5.60. The summed E-state index contributed by atoms with van der Waals surface area (Å²) in [5.74, 6) is 0. The van der Waals surface area contributed by atoms with Crippen LogP contribution >= 0.6 is 23.5 Å². The van der Waals surface area contributed by atoms with Gasteiger partial charge in [0.05, 0.1) is 0 Å². The first kappa shape index (κ1) is 19.9. The van der Waals surface area contributed by atoms with Crippen molar-refractivity contribution in [2.24, 2.45) is 7.05 Å². The zero-order valence-electron chi connectivity index (χ0n) is 14.0. The molecule has 0 saturated heterocycles. The highest BCUT2D eigenvalue weighted by atomic mass is 35.5. The molecular weight excluding hydrogens is 373 g/mol. The smallest absolute Gasteiger partial charge is 0.317 e. The molecule has 8 heteroatoms. The van der Waals surface area contributed by atoms with E-state index in [0.717, 1.165) is 11.9 Å². The molecule has 0 aliphatic rings. The molecule has 0 bridgehead atoms. The van der Waals surface area contributed by atoms with Crippen molar-refractivity contribution in [3.63, 3.8) is 0 Å². The number of benzene rings is 1. The van der Waals surface area contributed by atoms with E-state index in [1.807, 2.05) is 0 Å². The normalized spacial score (nSPS) is 13.3. The number of nitrogens with zero attached hydrogens (tertiary/aromatic N) is 2. The van der Waals surface area contributed by atoms with Crippen LogP contribution in [0.5, 0.6) is 0 Å². The zero-order valence-corrected chi connectivity index (χ0v) is 15.5. The molecule has 0 saturated carbocycles. The summed E-state index contributed by atoms with van der Waals surface area (Å²) in [6.45, 7) is 3.47. The molecule has 0 spiro atoms. The van der Waals surface area contributed by atoms with Crippen LogP contribution in [0.15, 0.2) is 46.2 Å². The van der Waals surface area contributed by atoms with Gasteiger partial charge in [-0.05, 0) is 42.6 Å². The van der Waals surface area contributed by atoms with E-state index in [-0.39, 0.29) is 17.7 Å². The highest BCUT2D eigenvalue weighted by Gasteiger charge is 2.44. The molecule has 1 aromatic carbocycles. The lowest BCUT2D eigenvalue weighted by Gasteiger charge is -2.31. The van der Waals surface area contributed by atoms with Crippen molar-refractivity contribution in [2.75, 3.05) is 6.54 Å². The van der Waals surface area contributed by atoms with Gasteiger partial charge in [0, 0.05) is 35.3 Å². The van der Waals surface area contributed by atoms with Gasteiger partial charge in [0.15, 0.2) is 0 Å². The summed E-state index contributed by atoms with van der Waals surface area (Å²) in [6, 6.07) is 5.49. The third-order valence-corrected chi connectivity index (χ3v) is 5.05. The first-order valence-corrected chi connectivity index (χ1v) is 8.72. The minimum absolute atomic E-state index is 0.118. The summed E-state index contributed by atoms with van der Waals surface area (Å²) in [5.41, 5.74) is 0.434. The fourth-order valence-corrected chi connectivity index (χ4v) is 3.80. The molecule has 0 unspecified atom stereocenters. The number of pyridine rings is 1. The van der Waals surface area contributed by atoms with Gasteiger partial charge in [-0.1, -0.05) is 30.7 Å². The monoisotopic (exact) mass is 390 g/mol. The van der Waals surface area contributed by atoms with Gasteiger partial charge in [-0.15, -0.1) is 0 Å². The van der Waals surface area contributed by atoms with Gasteiger partial charge >= 0.3 is 6.18 Å². The number of halogens is 4. The Kier molecular flexibility index (Phi) is 6.24. The van der Waals surface area contributed by atoms with Crippen LogP contribution in [0.3, 0.4) is 0 Å². The Morgan fingerprint density at radius 2 is 1.88 bits per heavy atom. The number of hydrogen-bond acceptors (Lipinski definition) is 3. The van der Waals surface area contributed by atoms with Gasteiger partial charge < -0.3 is 4.57 Å². The van der Waals surface area contributed by atoms with E-state index in [1.54, 1.807) is 27.0 Å². The molecule has 1 aromatic heterocycles. The van der Waals surface area contributed by atoms with E-state index in [2.05, 4.69) is 0 Å². The molecule has 0 fully saturated rings. The number of aryl methyl sites for hydroxylation is 2. The molecule has 0 radical (unpaired) electrons. The van der Waals surface area contributed by atoms with Crippen molar-refractivity contribution in [1.82, 2.24) is 8.87 Å². The summed E-state index contributed by atoms with van der Waals surface area (Å²) in [7, 11) is 1.58. The third-order valence-electron chi connectivity index (χ3n) is 3.66. The van der Waals surface area contributed by atoms with E-state index < -0.39 is 12.2 Å². The molecule has 0 aliphatic carbocycles. The second kappa shape index (κ2) is 7.85. The molecule has 0 amide bonds. The number of alkyl halides is 3. The van der Waals surface area contributed by atoms with E-state index >= 15 is 0 Å². The first-order valence-electron chi connectivity index (χ1n) is 7.57. The van der Waals surface area contributed by atoms with Crippen LogP contribution in [-0.2, 0) is 7.05 Å². The third kappa shape index (κ3) is 4.80. The number of hydrogen-bond donors (Lipinski definition) is 0. The van der Waals surface area contributed by atoms with Crippen LogP contribution in [0.2, 0.25) is 5.02 Å². The minimum atomic E-state index is -4.45. The van der Waals surface area contributed by atoms with Gasteiger partial charge in [0.1, 0.15) is 6.04 Å². The zero-order chi connectivity index (χ0) is 18.8. The van der Waals surface area contributed by atoms with E-state index in [1.165, 1.54) is 39.3 Å². The predicted molar refractivity (Wildman–Crippen MR) is 94.9 cm³/mol. The molecule has 1 heterocycles. The number of rotatable bonds is 5. The van der Waals surface area contributed by atoms with Gasteiger partial charge in [-0.25, -0.2) is 4.31 Å². The minimum Gasteiger partial charge on any atom is -0.317 e. The average molecular weight is 391 g/mol. The molecule has 136 valence electrons. The van der Waals surface area contributed by atoms with Gasteiger partial charge in [-0.2, -0.15) is 13.2 Å². The predicted octanol–water partition coefficient (Wildman–Crippen LogP) is 4.98. The highest BCUT2D eigenvalue weighted by Crippen LogP contribution is 2.42. The molecule has 2 aromatic rings. The SMILES string of the molecule is CCN(Sc1cc(C)c(=O)n(C)c1)[C@H](c1ccc(Cl)cc1)C(F)(F)F. The summed E-state index contributed by atoms with van der Waals surface area (Å²) in [5, 5.41) is 0.383. The highest BCUT2D eigenvalue weighted by molar-refractivity contribution is 7.97. The lowest BCUT2D eigenvalue weighted by atomic mass is 10.1. The molecule has 25 heavy (non-hydrogen) atoms. The Bertz CT molecular complexity index is 764. The Labute approximate surface area is 153 Å². The Morgan fingerprint density at radius 3 is 2.36 bits per heavy atom. The largest absolute Gasteiger partial charge is 0.408 e. The van der Waals surface area contributed by atoms with Crippen molar-refractivity contribution >= 4 is 23.5 Å². The maximum absolute atomic E-state index is 13.7. The van der Waals surface area contributed by atoms with Crippen LogP contribution in [0.1, 0.15) is 24.1 Å². The number of aromatic nitrogens is 1. The lowest BCUT2D eigenvalue weighted by molar-refractivity contribution is -0.172. The molecule has 0 aliphatic heterocycles. The average Bonchev–Trinajstić information content (AvgIpc) is 2.52. The Hall–Kier alpha value is -1.44. The maximum atomic E-state index is 13.7. The quantitative estimate of drug-likeness (QED) is 0.673. The van der Waals surface area contributed by atoms with Gasteiger partial charge in [0.2, 0.25) is 0 Å². The van der Waals surface area contributed by atoms with Crippen molar-refractivity contribution < 1.29 is 13.2 Å². The van der Waals surface area contributed by atoms with Crippen LogP contribution in [0.4, 0.5) is 13.2 Å². The maximum Gasteiger partial charge on any atom is 0.408 e. The Balaban J connectivity index is 2.40. The first-order chi connectivity index (χ1) is 11.6. The van der Waals surface area contributed by atoms with Crippen molar-refractivity contribution in [3.8, 4) is 0 Å². The fourth-order valence-electron chi connectivity index (χ4n) is 2.49. The lowest BCUT2D eigenvalue weighted by Crippen LogP contribution is -2.34. The Morgan fingerprint density at radius 1 is 1.28 bits per heavy atom. The van der Waals surface area contributed by atoms with Crippen molar-refractivity contribution in [1.29, 1.82) is 0 Å². The second-order valence-corrected chi connectivity index (χ2v) is 7.15. The summed E-state index contributed by atoms with van der Waals surface area (Å²) in [4.78, 5) is 12.3. The fraction of sp³-hybridized carbons (Fsp3) is 0.353. The molecule has 2 rings (SSSR count). The van der Waals surface area contributed by atoms with Crippen LogP contribution in [0.25, 0.3) is 0 Å². The van der Waals surface area contributed by atoms with E-state index in [9.17, 15) is 18.0 Å². The van der Waals surface area contributed by atoms with E-state index in [4.69, 9.17) is 11.6 Å². The summed E-state index contributed by atoms with van der Waals surface area (Å²) in [6.07, 6.45) is -2.91. The van der Waals surface area contributed by atoms with Crippen molar-refractivity contribution in [2.45, 2.75) is 31.0 Å². The van der Waals surface area contributed by atoms with Gasteiger partial charge in [-0.3, -0.25) is 4.79 Å². The van der Waals surface area contributed by atoms with Crippen LogP contribution in [0, 0.1) is 6.92 Å². The standard InChI is InChI=1S/C17H18ClF3N2OS/c1-4-23(25-14-9-11(2)16(24)22(3)10-14)15(17(19,20)21)12-5-7-13(18)8-6-12/h5-10,15H,4H2,1-3H3/t15-/m1/s1. The molecule has 0 N–H and O–H groups in total. The van der Waals surface area contributed by atoms with Crippen molar-refractivity contribution in [3.05, 3.63) is 63.0 Å². The van der Waals surface area contributed by atoms with E-state index in [0.29, 0.717) is 15.5 Å². The van der Waals surface area contributed by atoms with Crippen LogP contribution < -0.4 is 5.56 Å². The van der Waals surface area contributed by atoms with Crippen LogP contribution in [-0.4, -0.2) is 21.6 Å². The molecule has 1 atom stereocenters. The topological polar surface area (TPSA) is 25.2 Å². The summed E-state index contributed by atoms with van der Waals surface area (Å²) >= 11 is 6.77. The molecular formula is C17H18ClF3N2OS.